The lowest BCUT2D eigenvalue weighted by Gasteiger charge is -2.31. The van der Waals surface area contributed by atoms with Gasteiger partial charge >= 0.3 is 6.18 Å². The van der Waals surface area contributed by atoms with Crippen molar-refractivity contribution in [2.75, 3.05) is 28.2 Å². The number of benzene rings is 1. The molecule has 1 aliphatic heterocycles. The third-order valence-corrected chi connectivity index (χ3v) is 6.43. The van der Waals surface area contributed by atoms with Gasteiger partial charge in [-0.1, -0.05) is 18.6 Å². The van der Waals surface area contributed by atoms with Crippen LogP contribution in [0.2, 0.25) is 0 Å². The summed E-state index contributed by atoms with van der Waals surface area (Å²) in [6.45, 7) is 4.19. The minimum absolute atomic E-state index is 0.0332. The topological polar surface area (TPSA) is 122 Å². The van der Waals surface area contributed by atoms with Gasteiger partial charge in [0.05, 0.1) is 18.2 Å². The number of rotatable bonds is 6. The third kappa shape index (κ3) is 7.15. The molecule has 1 aromatic carbocycles. The highest BCUT2D eigenvalue weighted by atomic mass is 19.4. The molecular formula is C30H24F4N6O3. The highest BCUT2D eigenvalue weighted by molar-refractivity contribution is 6.00. The van der Waals surface area contributed by atoms with E-state index < -0.39 is 47.1 Å². The molecule has 3 aromatic rings. The zero-order valence-corrected chi connectivity index (χ0v) is 22.7. The molecule has 1 fully saturated rings. The molecule has 13 heteroatoms. The summed E-state index contributed by atoms with van der Waals surface area (Å²) < 4.78 is 55.1. The molecule has 43 heavy (non-hydrogen) atoms. The molecule has 220 valence electrons. The standard InChI is InChI=1S/C30H24F4N6O3/c1-3-27(42)38-26-8-4-6-20(37-26)7-5-13-39(21-11-9-19(31)10-12-21)29(43)25-15-22(41)17-40(25)28-23(16-35)24(30(32,33)34)14-18(2)36-28/h3-4,6,8-12,14,22,25,41H,1,13,15,17H2,2H3,(H,37,38,42)/t22-,25-/m0/s1. The van der Waals surface area contributed by atoms with Crippen molar-refractivity contribution in [1.29, 1.82) is 5.26 Å². The second-order valence-electron chi connectivity index (χ2n) is 9.48. The summed E-state index contributed by atoms with van der Waals surface area (Å²) in [4.78, 5) is 36.3. The number of β-amino-alcohol motifs (C(OH)–C–C–N with tert-alkyl or cyclic N) is 1. The van der Waals surface area contributed by atoms with E-state index in [4.69, 9.17) is 0 Å². The van der Waals surface area contributed by atoms with Gasteiger partial charge in [0.2, 0.25) is 5.91 Å². The Morgan fingerprint density at radius 3 is 2.60 bits per heavy atom. The highest BCUT2D eigenvalue weighted by Crippen LogP contribution is 2.38. The van der Waals surface area contributed by atoms with Crippen molar-refractivity contribution in [3.05, 3.63) is 89.5 Å². The lowest BCUT2D eigenvalue weighted by atomic mass is 10.1. The van der Waals surface area contributed by atoms with Crippen molar-refractivity contribution >= 4 is 29.1 Å². The van der Waals surface area contributed by atoms with Crippen molar-refractivity contribution < 1.29 is 32.3 Å². The molecule has 0 saturated carbocycles. The summed E-state index contributed by atoms with van der Waals surface area (Å²) >= 11 is 0. The lowest BCUT2D eigenvalue weighted by molar-refractivity contribution is -0.137. The fourth-order valence-electron chi connectivity index (χ4n) is 4.54. The summed E-state index contributed by atoms with van der Waals surface area (Å²) in [5, 5.41) is 22.7. The van der Waals surface area contributed by atoms with Crippen molar-refractivity contribution in [3.8, 4) is 17.9 Å². The van der Waals surface area contributed by atoms with Crippen LogP contribution < -0.4 is 15.1 Å². The Morgan fingerprint density at radius 2 is 1.95 bits per heavy atom. The number of alkyl halides is 3. The molecule has 1 aliphatic rings. The van der Waals surface area contributed by atoms with Gasteiger partial charge in [0.15, 0.2) is 0 Å². The van der Waals surface area contributed by atoms with Crippen LogP contribution in [-0.2, 0) is 15.8 Å². The van der Waals surface area contributed by atoms with Gasteiger partial charge in [0.25, 0.3) is 5.91 Å². The molecule has 0 radical (unpaired) electrons. The number of anilines is 3. The second-order valence-corrected chi connectivity index (χ2v) is 9.48. The molecule has 2 amide bonds. The number of aryl methyl sites for hydroxylation is 1. The number of nitrogens with zero attached hydrogens (tertiary/aromatic N) is 5. The fraction of sp³-hybridized carbons (Fsp3) is 0.233. The first-order chi connectivity index (χ1) is 20.4. The maximum Gasteiger partial charge on any atom is 0.417 e. The van der Waals surface area contributed by atoms with Crippen molar-refractivity contribution in [1.82, 2.24) is 9.97 Å². The van der Waals surface area contributed by atoms with E-state index in [2.05, 4.69) is 33.7 Å². The average molecular weight is 593 g/mol. The maximum absolute atomic E-state index is 14.0. The van der Waals surface area contributed by atoms with E-state index in [0.29, 0.717) is 0 Å². The van der Waals surface area contributed by atoms with Crippen LogP contribution >= 0.6 is 0 Å². The predicted molar refractivity (Wildman–Crippen MR) is 149 cm³/mol. The van der Waals surface area contributed by atoms with E-state index in [1.165, 1.54) is 28.9 Å². The van der Waals surface area contributed by atoms with E-state index in [9.17, 15) is 37.5 Å². The van der Waals surface area contributed by atoms with E-state index in [-0.39, 0.29) is 48.2 Å². The van der Waals surface area contributed by atoms with Crippen LogP contribution in [0, 0.1) is 35.9 Å². The number of aliphatic hydroxyl groups excluding tert-OH is 1. The first-order valence-corrected chi connectivity index (χ1v) is 12.8. The molecular weight excluding hydrogens is 568 g/mol. The van der Waals surface area contributed by atoms with Crippen LogP contribution in [0.25, 0.3) is 0 Å². The quantitative estimate of drug-likeness (QED) is 0.252. The molecule has 0 spiro atoms. The number of pyridine rings is 2. The molecule has 1 saturated heterocycles. The first-order valence-electron chi connectivity index (χ1n) is 12.8. The Labute approximate surface area is 244 Å². The van der Waals surface area contributed by atoms with Gasteiger partial charge in [0, 0.05) is 24.3 Å². The Kier molecular flexibility index (Phi) is 9.07. The first kappa shape index (κ1) is 30.7. The number of nitrogens with one attached hydrogen (secondary N) is 1. The highest BCUT2D eigenvalue weighted by Gasteiger charge is 2.43. The summed E-state index contributed by atoms with van der Waals surface area (Å²) in [6.07, 6.45) is -5.07. The molecule has 2 aromatic heterocycles. The zero-order chi connectivity index (χ0) is 31.3. The predicted octanol–water partition coefficient (Wildman–Crippen LogP) is 3.96. The van der Waals surface area contributed by atoms with E-state index >= 15 is 0 Å². The van der Waals surface area contributed by atoms with Crippen LogP contribution in [0.3, 0.4) is 0 Å². The van der Waals surface area contributed by atoms with Crippen LogP contribution in [0.15, 0.2) is 61.2 Å². The number of amides is 2. The number of halogens is 4. The number of nitriles is 1. The lowest BCUT2D eigenvalue weighted by Crippen LogP contribution is -2.47. The van der Waals surface area contributed by atoms with Gasteiger partial charge in [-0.3, -0.25) is 14.5 Å². The van der Waals surface area contributed by atoms with Crippen LogP contribution in [0.4, 0.5) is 34.9 Å². The number of aromatic nitrogens is 2. The monoisotopic (exact) mass is 592 g/mol. The molecule has 2 atom stereocenters. The Hall–Kier alpha value is -5.27. The van der Waals surface area contributed by atoms with Crippen LogP contribution in [0.5, 0.6) is 0 Å². The molecule has 9 nitrogen and oxygen atoms in total. The third-order valence-electron chi connectivity index (χ3n) is 6.43. The number of carbonyl (C=O) groups is 2. The number of hydrogen-bond donors (Lipinski definition) is 2. The van der Waals surface area contributed by atoms with Crippen LogP contribution in [-0.4, -0.2) is 52.1 Å². The van der Waals surface area contributed by atoms with Crippen molar-refractivity contribution in [3.63, 3.8) is 0 Å². The van der Waals surface area contributed by atoms with E-state index in [0.717, 1.165) is 24.3 Å². The summed E-state index contributed by atoms with van der Waals surface area (Å²) in [7, 11) is 0. The van der Waals surface area contributed by atoms with Crippen molar-refractivity contribution in [2.24, 2.45) is 0 Å². The van der Waals surface area contributed by atoms with Crippen LogP contribution in [0.1, 0.15) is 28.9 Å². The zero-order valence-electron chi connectivity index (χ0n) is 22.7. The van der Waals surface area contributed by atoms with Crippen molar-refractivity contribution in [2.45, 2.75) is 31.7 Å². The SMILES string of the molecule is C=CC(=O)Nc1cccc(C#CCN(C(=O)[C@@H]2C[C@H](O)CN2c2nc(C)cc(C(F)(F)F)c2C#N)c2ccc(F)cc2)n1. The second kappa shape index (κ2) is 12.7. The van der Waals surface area contributed by atoms with Gasteiger partial charge in [-0.2, -0.15) is 18.4 Å². The maximum atomic E-state index is 14.0. The summed E-state index contributed by atoms with van der Waals surface area (Å²) in [5.74, 6) is 3.73. The molecule has 2 N–H and O–H groups in total. The molecule has 0 bridgehead atoms. The Morgan fingerprint density at radius 1 is 1.23 bits per heavy atom. The minimum Gasteiger partial charge on any atom is -0.391 e. The molecule has 4 rings (SSSR count). The van der Waals surface area contributed by atoms with Gasteiger partial charge in [-0.15, -0.1) is 0 Å². The van der Waals surface area contributed by atoms with Gasteiger partial charge in [0.1, 0.15) is 40.8 Å². The van der Waals surface area contributed by atoms with E-state index in [1.54, 1.807) is 24.3 Å². The Bertz CT molecular complexity index is 1660. The number of carbonyl (C=O) groups excluding carboxylic acids is 2. The average Bonchev–Trinajstić information content (AvgIpc) is 3.36. The fourth-order valence-corrected chi connectivity index (χ4v) is 4.54. The summed E-state index contributed by atoms with van der Waals surface area (Å²) in [5.41, 5.74) is -1.52. The number of aliphatic hydroxyl groups is 1. The Balaban J connectivity index is 1.71. The minimum atomic E-state index is -4.86. The molecule has 0 aliphatic carbocycles. The number of hydrogen-bond acceptors (Lipinski definition) is 7. The smallest absolute Gasteiger partial charge is 0.391 e. The largest absolute Gasteiger partial charge is 0.417 e. The van der Waals surface area contributed by atoms with E-state index in [1.807, 2.05) is 0 Å². The molecule has 0 unspecified atom stereocenters. The van der Waals surface area contributed by atoms with Gasteiger partial charge in [-0.05, 0) is 61.4 Å². The summed E-state index contributed by atoms with van der Waals surface area (Å²) in [6, 6.07) is 10.7. The molecule has 3 heterocycles. The van der Waals surface area contributed by atoms with Gasteiger partial charge < -0.3 is 15.3 Å². The normalized spacial score (nSPS) is 16.1. The van der Waals surface area contributed by atoms with Gasteiger partial charge in [-0.25, -0.2) is 14.4 Å².